The SMILES string of the molecule is Cc1ccc(C(=O)Nc2ccc(C)c(C(F)(F)F)c2)cc1Nc1nccn1-c1cc(NCCN2CCOCC2)ncn1. The maximum Gasteiger partial charge on any atom is 0.416 e. The van der Waals surface area contributed by atoms with Gasteiger partial charge in [-0.3, -0.25) is 14.3 Å². The molecule has 5 rings (SSSR count). The fraction of sp³-hybridized carbons (Fsp3) is 0.310. The minimum absolute atomic E-state index is 0.0571. The quantitative estimate of drug-likeness (QED) is 0.253. The number of benzene rings is 2. The van der Waals surface area contributed by atoms with E-state index in [1.807, 2.05) is 13.0 Å². The summed E-state index contributed by atoms with van der Waals surface area (Å²) < 4.78 is 47.1. The van der Waals surface area contributed by atoms with Gasteiger partial charge in [0.1, 0.15) is 18.0 Å². The maximum atomic E-state index is 13.3. The van der Waals surface area contributed by atoms with Crippen molar-refractivity contribution in [2.45, 2.75) is 20.0 Å². The first-order valence-corrected chi connectivity index (χ1v) is 13.4. The summed E-state index contributed by atoms with van der Waals surface area (Å²) in [6.07, 6.45) is 0.333. The number of hydrogen-bond acceptors (Lipinski definition) is 8. The van der Waals surface area contributed by atoms with Gasteiger partial charge >= 0.3 is 6.18 Å². The first-order chi connectivity index (χ1) is 20.2. The number of aryl methyl sites for hydroxylation is 2. The molecule has 3 heterocycles. The molecule has 1 fully saturated rings. The van der Waals surface area contributed by atoms with Crippen LogP contribution in [0.4, 0.5) is 36.3 Å². The lowest BCUT2D eigenvalue weighted by Crippen LogP contribution is -2.39. The van der Waals surface area contributed by atoms with Crippen molar-refractivity contribution in [3.63, 3.8) is 0 Å². The molecular formula is C29H31F3N8O2. The molecule has 0 aliphatic carbocycles. The summed E-state index contributed by atoms with van der Waals surface area (Å²) in [6, 6.07) is 10.5. The number of carbonyl (C=O) groups is 1. The van der Waals surface area contributed by atoms with Crippen LogP contribution in [0.5, 0.6) is 0 Å². The van der Waals surface area contributed by atoms with E-state index < -0.39 is 17.6 Å². The zero-order valence-corrected chi connectivity index (χ0v) is 23.2. The third kappa shape index (κ3) is 7.04. The van der Waals surface area contributed by atoms with Gasteiger partial charge in [-0.25, -0.2) is 15.0 Å². The molecule has 0 radical (unpaired) electrons. The molecule has 3 N–H and O–H groups in total. The molecule has 13 heteroatoms. The molecule has 0 spiro atoms. The second-order valence-electron chi connectivity index (χ2n) is 9.90. The van der Waals surface area contributed by atoms with Gasteiger partial charge in [-0.2, -0.15) is 13.2 Å². The summed E-state index contributed by atoms with van der Waals surface area (Å²) in [4.78, 5) is 28.4. The highest BCUT2D eigenvalue weighted by Crippen LogP contribution is 2.33. The van der Waals surface area contributed by atoms with Gasteiger partial charge in [-0.15, -0.1) is 0 Å². The zero-order chi connectivity index (χ0) is 29.7. The van der Waals surface area contributed by atoms with Crippen LogP contribution in [0.25, 0.3) is 5.82 Å². The molecule has 1 aliphatic rings. The van der Waals surface area contributed by atoms with Gasteiger partial charge in [-0.05, 0) is 49.2 Å². The summed E-state index contributed by atoms with van der Waals surface area (Å²) in [5.41, 5.74) is 1.05. The van der Waals surface area contributed by atoms with E-state index in [0.717, 1.165) is 51.0 Å². The summed E-state index contributed by atoms with van der Waals surface area (Å²) in [7, 11) is 0. The number of hydrogen-bond donors (Lipinski definition) is 3. The van der Waals surface area contributed by atoms with Gasteiger partial charge < -0.3 is 20.7 Å². The van der Waals surface area contributed by atoms with Crippen molar-refractivity contribution in [2.24, 2.45) is 0 Å². The number of ether oxygens (including phenoxy) is 1. The monoisotopic (exact) mass is 580 g/mol. The fourth-order valence-corrected chi connectivity index (χ4v) is 4.55. The molecule has 10 nitrogen and oxygen atoms in total. The topological polar surface area (TPSA) is 109 Å². The highest BCUT2D eigenvalue weighted by atomic mass is 19.4. The zero-order valence-electron chi connectivity index (χ0n) is 23.2. The Morgan fingerprint density at radius 3 is 2.57 bits per heavy atom. The number of nitrogens with zero attached hydrogens (tertiary/aromatic N) is 5. The Hall–Kier alpha value is -4.49. The van der Waals surface area contributed by atoms with Crippen LogP contribution in [0.1, 0.15) is 27.0 Å². The van der Waals surface area contributed by atoms with Crippen LogP contribution in [0.15, 0.2) is 61.2 Å². The van der Waals surface area contributed by atoms with Crippen LogP contribution in [-0.4, -0.2) is 69.7 Å². The minimum atomic E-state index is -4.52. The van der Waals surface area contributed by atoms with E-state index in [1.54, 1.807) is 35.2 Å². The largest absolute Gasteiger partial charge is 0.416 e. The van der Waals surface area contributed by atoms with Crippen LogP contribution in [0.3, 0.4) is 0 Å². The Balaban J connectivity index is 1.28. The fourth-order valence-electron chi connectivity index (χ4n) is 4.55. The molecule has 0 unspecified atom stereocenters. The second kappa shape index (κ2) is 12.6. The normalized spacial score (nSPS) is 14.0. The Morgan fingerprint density at radius 2 is 1.79 bits per heavy atom. The Bertz CT molecular complexity index is 1550. The molecule has 0 saturated carbocycles. The number of anilines is 4. The predicted molar refractivity (Wildman–Crippen MR) is 153 cm³/mol. The molecule has 42 heavy (non-hydrogen) atoms. The van der Waals surface area contributed by atoms with Crippen molar-refractivity contribution >= 4 is 29.0 Å². The van der Waals surface area contributed by atoms with Crippen molar-refractivity contribution in [1.29, 1.82) is 0 Å². The molecule has 0 bridgehead atoms. The number of carbonyl (C=O) groups excluding carboxylic acids is 1. The third-order valence-corrected chi connectivity index (χ3v) is 6.93. The van der Waals surface area contributed by atoms with Crippen molar-refractivity contribution in [3.8, 4) is 5.82 Å². The van der Waals surface area contributed by atoms with Gasteiger partial charge in [0.25, 0.3) is 5.91 Å². The molecule has 0 atom stereocenters. The van der Waals surface area contributed by atoms with Gasteiger partial charge in [0, 0.05) is 61.6 Å². The Morgan fingerprint density at radius 1 is 1.00 bits per heavy atom. The summed E-state index contributed by atoms with van der Waals surface area (Å²) in [6.45, 7) is 8.15. The summed E-state index contributed by atoms with van der Waals surface area (Å²) in [5, 5.41) is 9.14. The smallest absolute Gasteiger partial charge is 0.379 e. The lowest BCUT2D eigenvalue weighted by molar-refractivity contribution is -0.138. The van der Waals surface area contributed by atoms with Crippen molar-refractivity contribution < 1.29 is 22.7 Å². The van der Waals surface area contributed by atoms with E-state index in [-0.39, 0.29) is 16.8 Å². The van der Waals surface area contributed by atoms with Gasteiger partial charge in [0.15, 0.2) is 0 Å². The van der Waals surface area contributed by atoms with Crippen molar-refractivity contribution in [3.05, 3.63) is 83.4 Å². The summed E-state index contributed by atoms with van der Waals surface area (Å²) in [5.74, 6) is 1.18. The van der Waals surface area contributed by atoms with Crippen LogP contribution in [0, 0.1) is 13.8 Å². The molecular weight excluding hydrogens is 549 g/mol. The van der Waals surface area contributed by atoms with E-state index >= 15 is 0 Å². The van der Waals surface area contributed by atoms with Crippen molar-refractivity contribution in [2.75, 3.05) is 55.3 Å². The molecule has 2 aromatic carbocycles. The van der Waals surface area contributed by atoms with E-state index in [9.17, 15) is 18.0 Å². The van der Waals surface area contributed by atoms with E-state index in [4.69, 9.17) is 4.74 Å². The number of alkyl halides is 3. The Labute approximate surface area is 241 Å². The molecule has 220 valence electrons. The lowest BCUT2D eigenvalue weighted by atomic mass is 10.1. The highest BCUT2D eigenvalue weighted by Gasteiger charge is 2.32. The highest BCUT2D eigenvalue weighted by molar-refractivity contribution is 6.05. The van der Waals surface area contributed by atoms with Crippen LogP contribution in [-0.2, 0) is 10.9 Å². The molecule has 1 aliphatic heterocycles. The van der Waals surface area contributed by atoms with E-state index in [0.29, 0.717) is 23.3 Å². The van der Waals surface area contributed by atoms with Crippen molar-refractivity contribution in [1.82, 2.24) is 24.4 Å². The first-order valence-electron chi connectivity index (χ1n) is 13.4. The number of aromatic nitrogens is 4. The predicted octanol–water partition coefficient (Wildman–Crippen LogP) is 5.04. The summed E-state index contributed by atoms with van der Waals surface area (Å²) >= 11 is 0. The van der Waals surface area contributed by atoms with Crippen LogP contribution in [0.2, 0.25) is 0 Å². The van der Waals surface area contributed by atoms with E-state index in [2.05, 4.69) is 35.8 Å². The standard InChI is InChI=1S/C29H31F3N8O2/c1-19-4-6-22(16-23(19)29(30,31)32)37-27(41)21-5-3-20(2)24(15-21)38-28-34-8-10-40(28)26-17-25(35-18-36-26)33-7-9-39-11-13-42-14-12-39/h3-6,8,10,15-18H,7,9,11-14H2,1-2H3,(H,34,38)(H,37,41)(H,33,35,36). The number of rotatable bonds is 9. The van der Waals surface area contributed by atoms with Crippen LogP contribution < -0.4 is 16.0 Å². The average molecular weight is 581 g/mol. The number of imidazole rings is 1. The van der Waals surface area contributed by atoms with Gasteiger partial charge in [0.2, 0.25) is 5.95 Å². The molecule has 2 aromatic heterocycles. The first kappa shape index (κ1) is 29.0. The van der Waals surface area contributed by atoms with Gasteiger partial charge in [-0.1, -0.05) is 12.1 Å². The second-order valence-corrected chi connectivity index (χ2v) is 9.90. The number of nitrogens with one attached hydrogen (secondary N) is 3. The van der Waals surface area contributed by atoms with Gasteiger partial charge in [0.05, 0.1) is 18.8 Å². The minimum Gasteiger partial charge on any atom is -0.379 e. The number of amides is 1. The van der Waals surface area contributed by atoms with Crippen LogP contribution >= 0.6 is 0 Å². The number of morpholine rings is 1. The molecule has 1 saturated heterocycles. The number of halogens is 3. The maximum absolute atomic E-state index is 13.3. The third-order valence-electron chi connectivity index (χ3n) is 6.93. The Kier molecular flexibility index (Phi) is 8.69. The molecule has 1 amide bonds. The lowest BCUT2D eigenvalue weighted by Gasteiger charge is -2.26. The van der Waals surface area contributed by atoms with E-state index in [1.165, 1.54) is 25.4 Å². The molecule has 4 aromatic rings. The average Bonchev–Trinajstić information content (AvgIpc) is 3.43.